The number of methoxy groups -OCH3 is 2. The number of piperidine rings is 2. The summed E-state index contributed by atoms with van der Waals surface area (Å²) in [6.07, 6.45) is 7.70. The van der Waals surface area contributed by atoms with E-state index in [9.17, 15) is 9.59 Å². The summed E-state index contributed by atoms with van der Waals surface area (Å²) in [6, 6.07) is 0. The summed E-state index contributed by atoms with van der Waals surface area (Å²) in [5.41, 5.74) is -0.487. The minimum Gasteiger partial charge on any atom is -0.469 e. The maximum Gasteiger partial charge on any atom is 0.311 e. The van der Waals surface area contributed by atoms with Crippen molar-refractivity contribution >= 4 is 11.9 Å². The maximum atomic E-state index is 12.3. The molecule has 0 N–H and O–H groups in total. The summed E-state index contributed by atoms with van der Waals surface area (Å²) in [7, 11) is 2.98. The van der Waals surface area contributed by atoms with Crippen LogP contribution in [0.15, 0.2) is 0 Å². The molecule has 0 aromatic heterocycles. The van der Waals surface area contributed by atoms with Crippen molar-refractivity contribution in [3.63, 3.8) is 0 Å². The number of ether oxygens (including phenoxy) is 2. The molecule has 0 aromatic rings. The molecule has 2 fully saturated rings. The minimum absolute atomic E-state index is 0.0418. The van der Waals surface area contributed by atoms with Crippen molar-refractivity contribution in [2.45, 2.75) is 139 Å². The van der Waals surface area contributed by atoms with Crippen LogP contribution in [0.4, 0.5) is 0 Å². The summed E-state index contributed by atoms with van der Waals surface area (Å²) in [5.74, 6) is 1.18. The molecule has 2 aliphatic rings. The van der Waals surface area contributed by atoms with Crippen LogP contribution in [-0.4, -0.2) is 73.2 Å². The number of hydrogen-bond acceptors (Lipinski definition) is 6. The van der Waals surface area contributed by atoms with Gasteiger partial charge in [0.15, 0.2) is 0 Å². The number of hydrogen-bond donors (Lipinski definition) is 0. The molecule has 240 valence electrons. The first-order valence-corrected chi connectivity index (χ1v) is 16.2. The largest absolute Gasteiger partial charge is 0.469 e. The molecule has 41 heavy (non-hydrogen) atoms. The highest BCUT2D eigenvalue weighted by Gasteiger charge is 2.45. The van der Waals surface area contributed by atoms with Gasteiger partial charge in [-0.25, -0.2) is 0 Å². The van der Waals surface area contributed by atoms with Gasteiger partial charge in [-0.15, -0.1) is 0 Å². The zero-order valence-electron chi connectivity index (χ0n) is 29.5. The Morgan fingerprint density at radius 2 is 0.805 bits per heavy atom. The Kier molecular flexibility index (Phi) is 11.3. The summed E-state index contributed by atoms with van der Waals surface area (Å²) >= 11 is 0. The van der Waals surface area contributed by atoms with Gasteiger partial charge in [-0.05, 0) is 149 Å². The van der Waals surface area contributed by atoms with Gasteiger partial charge < -0.3 is 9.47 Å². The van der Waals surface area contributed by atoms with Crippen LogP contribution >= 0.6 is 0 Å². The smallest absolute Gasteiger partial charge is 0.311 e. The lowest BCUT2D eigenvalue weighted by molar-refractivity contribution is -0.153. The van der Waals surface area contributed by atoms with Crippen molar-refractivity contribution in [1.29, 1.82) is 0 Å². The van der Waals surface area contributed by atoms with Gasteiger partial charge in [0.05, 0.1) is 25.0 Å². The molecule has 2 aliphatic heterocycles. The van der Waals surface area contributed by atoms with Crippen molar-refractivity contribution in [2.75, 3.05) is 40.4 Å². The van der Waals surface area contributed by atoms with E-state index in [1.807, 2.05) is 27.7 Å². The maximum absolute atomic E-state index is 12.3. The van der Waals surface area contributed by atoms with Gasteiger partial charge in [0.2, 0.25) is 0 Å². The third kappa shape index (κ3) is 8.94. The highest BCUT2D eigenvalue weighted by molar-refractivity contribution is 5.76. The van der Waals surface area contributed by atoms with E-state index in [0.717, 1.165) is 39.0 Å². The zero-order chi connectivity index (χ0) is 31.7. The summed E-state index contributed by atoms with van der Waals surface area (Å²) in [6.45, 7) is 31.6. The molecule has 2 saturated heterocycles. The first-order chi connectivity index (χ1) is 18.5. The monoisotopic (exact) mass is 579 g/mol. The Morgan fingerprint density at radius 3 is 1.05 bits per heavy atom. The van der Waals surface area contributed by atoms with Gasteiger partial charge >= 0.3 is 11.9 Å². The fourth-order valence-corrected chi connectivity index (χ4v) is 9.08. The average Bonchev–Trinajstić information content (AvgIpc) is 2.86. The molecule has 0 spiro atoms. The Labute approximate surface area is 253 Å². The molecule has 0 amide bonds. The van der Waals surface area contributed by atoms with Crippen molar-refractivity contribution < 1.29 is 19.1 Å². The van der Waals surface area contributed by atoms with Crippen LogP contribution in [0, 0.1) is 33.5 Å². The Bertz CT molecular complexity index is 814. The highest BCUT2D eigenvalue weighted by Crippen LogP contribution is 2.50. The van der Waals surface area contributed by atoms with E-state index < -0.39 is 10.8 Å². The van der Waals surface area contributed by atoms with Crippen LogP contribution in [0.2, 0.25) is 0 Å². The number of carbonyl (C=O) groups excluding carboxylic acids is 2. The molecule has 6 heteroatoms. The highest BCUT2D eigenvalue weighted by atomic mass is 16.5. The number of esters is 2. The molecule has 0 atom stereocenters. The molecule has 0 saturated carbocycles. The summed E-state index contributed by atoms with van der Waals surface area (Å²) in [4.78, 5) is 29.9. The average molecular weight is 579 g/mol. The molecular formula is C35H66N2O4. The number of rotatable bonds is 12. The fourth-order valence-electron chi connectivity index (χ4n) is 9.08. The third-order valence-corrected chi connectivity index (χ3v) is 11.0. The summed E-state index contributed by atoms with van der Waals surface area (Å²) in [5, 5.41) is 0. The second kappa shape index (κ2) is 12.8. The first kappa shape index (κ1) is 36.1. The lowest BCUT2D eigenvalue weighted by atomic mass is 9.60. The Hall–Kier alpha value is -1.14. The minimum atomic E-state index is -0.485. The van der Waals surface area contributed by atoms with Crippen molar-refractivity contribution in [3.05, 3.63) is 0 Å². The van der Waals surface area contributed by atoms with Gasteiger partial charge in [-0.3, -0.25) is 19.4 Å². The van der Waals surface area contributed by atoms with E-state index in [2.05, 4.69) is 65.2 Å². The lowest BCUT2D eigenvalue weighted by Gasteiger charge is -2.52. The van der Waals surface area contributed by atoms with Gasteiger partial charge in [0, 0.05) is 11.1 Å². The van der Waals surface area contributed by atoms with Gasteiger partial charge in [0.1, 0.15) is 0 Å². The van der Waals surface area contributed by atoms with Crippen molar-refractivity contribution in [3.8, 4) is 0 Å². The number of nitrogens with zero attached hydrogens (tertiary/aromatic N) is 2. The lowest BCUT2D eigenvalue weighted by Crippen LogP contribution is -2.53. The molecule has 0 radical (unpaired) electrons. The fraction of sp³-hybridized carbons (Fsp3) is 0.943. The SMILES string of the molecule is COC(=O)C(C)(C)CC(C)(C)N1CCC(C(C)(C)CC(C)(C)C2CCN(C(C)(C)CC(C)(C)C(=O)OC)CC2)CC1. The van der Waals surface area contributed by atoms with Crippen molar-refractivity contribution in [1.82, 2.24) is 9.80 Å². The van der Waals surface area contributed by atoms with E-state index in [4.69, 9.17) is 9.47 Å². The molecule has 2 rings (SSSR count). The van der Waals surface area contributed by atoms with Crippen LogP contribution in [0.1, 0.15) is 128 Å². The van der Waals surface area contributed by atoms with Gasteiger partial charge in [0.25, 0.3) is 0 Å². The molecule has 0 bridgehead atoms. The Balaban J connectivity index is 1.96. The number of likely N-dealkylation sites (tertiary alicyclic amines) is 2. The second-order valence-corrected chi connectivity index (χ2v) is 17.4. The first-order valence-electron chi connectivity index (χ1n) is 16.2. The third-order valence-electron chi connectivity index (χ3n) is 11.0. The topological polar surface area (TPSA) is 59.1 Å². The number of carbonyl (C=O) groups is 2. The van der Waals surface area contributed by atoms with E-state index in [1.54, 1.807) is 0 Å². The predicted molar refractivity (Wildman–Crippen MR) is 170 cm³/mol. The zero-order valence-corrected chi connectivity index (χ0v) is 29.5. The molecule has 0 unspecified atom stereocenters. The van der Waals surface area contributed by atoms with Gasteiger partial charge in [-0.1, -0.05) is 27.7 Å². The van der Waals surface area contributed by atoms with Crippen LogP contribution in [0.5, 0.6) is 0 Å². The molecular weight excluding hydrogens is 512 g/mol. The predicted octanol–water partition coefficient (Wildman–Crippen LogP) is 7.59. The van der Waals surface area contributed by atoms with E-state index in [-0.39, 0.29) is 33.8 Å². The van der Waals surface area contributed by atoms with Crippen LogP contribution in [0.25, 0.3) is 0 Å². The van der Waals surface area contributed by atoms with E-state index in [0.29, 0.717) is 11.8 Å². The Morgan fingerprint density at radius 1 is 0.537 bits per heavy atom. The van der Waals surface area contributed by atoms with Crippen LogP contribution in [-0.2, 0) is 19.1 Å². The molecule has 0 aliphatic carbocycles. The normalized spacial score (nSPS) is 20.2. The van der Waals surface area contributed by atoms with Gasteiger partial charge in [-0.2, -0.15) is 0 Å². The second-order valence-electron chi connectivity index (χ2n) is 17.4. The van der Waals surface area contributed by atoms with E-state index in [1.165, 1.54) is 46.3 Å². The molecule has 2 heterocycles. The molecule has 0 aromatic carbocycles. The standard InChI is InChI=1S/C35H66N2O4/c1-30(2,26-15-19-36(20-16-26)34(9,10)24-32(5,6)28(38)40-13)23-31(3,4)27-17-21-37(22-18-27)35(11,12)25-33(7,8)29(39)41-14/h26-27H,15-25H2,1-14H3. The quantitative estimate of drug-likeness (QED) is 0.222. The van der Waals surface area contributed by atoms with Crippen LogP contribution in [0.3, 0.4) is 0 Å². The summed E-state index contributed by atoms with van der Waals surface area (Å²) < 4.78 is 10.2. The van der Waals surface area contributed by atoms with E-state index >= 15 is 0 Å². The van der Waals surface area contributed by atoms with Crippen molar-refractivity contribution in [2.24, 2.45) is 33.5 Å². The van der Waals surface area contributed by atoms with Crippen LogP contribution < -0.4 is 0 Å². The molecule has 6 nitrogen and oxygen atoms in total.